The van der Waals surface area contributed by atoms with Crippen molar-refractivity contribution in [3.8, 4) is 5.75 Å². The fraction of sp³-hybridized carbons (Fsp3) is 0.357. The number of hydrogen-bond acceptors (Lipinski definition) is 7. The first-order chi connectivity index (χ1) is 17.2. The Morgan fingerprint density at radius 1 is 1.11 bits per heavy atom. The number of anilines is 1. The summed E-state index contributed by atoms with van der Waals surface area (Å²) in [6, 6.07) is 9.43. The van der Waals surface area contributed by atoms with Gasteiger partial charge in [0.15, 0.2) is 6.61 Å². The Morgan fingerprint density at radius 3 is 2.53 bits per heavy atom. The lowest BCUT2D eigenvalue weighted by atomic mass is 9.73. The van der Waals surface area contributed by atoms with E-state index in [2.05, 4.69) is 17.4 Å². The predicted octanol–water partition coefficient (Wildman–Crippen LogP) is 4.23. The molecular weight excluding hydrogens is 460 g/mol. The van der Waals surface area contributed by atoms with Crippen molar-refractivity contribution in [3.63, 3.8) is 0 Å². The summed E-state index contributed by atoms with van der Waals surface area (Å²) >= 11 is 0. The van der Waals surface area contributed by atoms with Gasteiger partial charge >= 0.3 is 11.9 Å². The third-order valence-corrected chi connectivity index (χ3v) is 7.08. The average Bonchev–Trinajstić information content (AvgIpc) is 2.81. The number of benzene rings is 2. The molecule has 0 aromatic heterocycles. The third-order valence-electron chi connectivity index (χ3n) is 7.08. The molecule has 0 radical (unpaired) electrons. The zero-order chi connectivity index (χ0) is 25.7. The van der Waals surface area contributed by atoms with E-state index in [1.165, 1.54) is 7.11 Å². The van der Waals surface area contributed by atoms with Crippen LogP contribution in [0.1, 0.15) is 53.2 Å². The van der Waals surface area contributed by atoms with E-state index in [4.69, 9.17) is 19.2 Å². The molecule has 3 atom stereocenters. The second-order valence-electron chi connectivity index (χ2n) is 9.56. The fourth-order valence-corrected chi connectivity index (χ4v) is 5.75. The van der Waals surface area contributed by atoms with Crippen LogP contribution in [0.4, 0.5) is 5.69 Å². The van der Waals surface area contributed by atoms with E-state index < -0.39 is 29.9 Å². The molecule has 0 spiro atoms. The van der Waals surface area contributed by atoms with Gasteiger partial charge in [-0.2, -0.15) is 0 Å². The Bertz CT molecular complexity index is 1350. The van der Waals surface area contributed by atoms with Crippen molar-refractivity contribution >= 4 is 29.2 Å². The van der Waals surface area contributed by atoms with Crippen LogP contribution in [0.2, 0.25) is 0 Å². The molecule has 3 unspecified atom stereocenters. The molecule has 186 valence electrons. The SMILES string of the molecule is COC(=O)C1C(C)=NC2=C(C(=O)OC(c3c(C)cc(C)cc3C)C2)C1c1cccc2c1OCC(=O)N2. The van der Waals surface area contributed by atoms with Crippen LogP contribution < -0.4 is 10.1 Å². The van der Waals surface area contributed by atoms with Crippen LogP contribution >= 0.6 is 0 Å². The summed E-state index contributed by atoms with van der Waals surface area (Å²) in [7, 11) is 1.31. The van der Waals surface area contributed by atoms with Crippen LogP contribution in [0.3, 0.4) is 0 Å². The van der Waals surface area contributed by atoms with E-state index in [-0.39, 0.29) is 12.5 Å². The number of para-hydroxylation sites is 1. The number of nitrogens with zero attached hydrogens (tertiary/aromatic N) is 1. The number of methoxy groups -OCH3 is 1. The zero-order valence-electron chi connectivity index (χ0n) is 20.9. The highest BCUT2D eigenvalue weighted by Crippen LogP contribution is 2.50. The van der Waals surface area contributed by atoms with Gasteiger partial charge in [-0.25, -0.2) is 4.79 Å². The summed E-state index contributed by atoms with van der Waals surface area (Å²) in [4.78, 5) is 43.3. The van der Waals surface area contributed by atoms with Crippen molar-refractivity contribution in [3.05, 3.63) is 69.4 Å². The van der Waals surface area contributed by atoms with Gasteiger partial charge in [0.1, 0.15) is 17.8 Å². The number of aliphatic imine (C=N–C) groups is 1. The van der Waals surface area contributed by atoms with Crippen LogP contribution in [0.5, 0.6) is 5.75 Å². The van der Waals surface area contributed by atoms with E-state index in [0.717, 1.165) is 22.3 Å². The second-order valence-corrected chi connectivity index (χ2v) is 9.56. The Hall–Kier alpha value is -3.94. The maximum Gasteiger partial charge on any atom is 0.337 e. The van der Waals surface area contributed by atoms with Gasteiger partial charge in [0.2, 0.25) is 0 Å². The lowest BCUT2D eigenvalue weighted by Gasteiger charge is -2.37. The summed E-state index contributed by atoms with van der Waals surface area (Å²) in [6.07, 6.45) is -0.0934. The standard InChI is InChI=1S/C28H28N2O6/c1-13-9-14(2)22(15(3)10-13)20-11-19-25(28(33)36-20)24(23(16(4)29-19)27(32)34-5)17-7-6-8-18-26(17)35-12-21(31)30-18/h6-10,20,23-24H,11-12H2,1-5H3,(H,30,31). The average molecular weight is 489 g/mol. The van der Waals surface area contributed by atoms with E-state index >= 15 is 0 Å². The molecule has 8 heteroatoms. The highest BCUT2D eigenvalue weighted by atomic mass is 16.5. The molecule has 2 aromatic carbocycles. The lowest BCUT2D eigenvalue weighted by molar-refractivity contribution is -0.147. The number of amides is 1. The number of aryl methyl sites for hydroxylation is 3. The number of hydrogen-bond donors (Lipinski definition) is 1. The summed E-state index contributed by atoms with van der Waals surface area (Å²) in [6.45, 7) is 7.68. The molecule has 0 bridgehead atoms. The molecule has 1 N–H and O–H groups in total. The number of ether oxygens (including phenoxy) is 3. The van der Waals surface area contributed by atoms with E-state index in [1.54, 1.807) is 25.1 Å². The molecule has 3 aliphatic rings. The van der Waals surface area contributed by atoms with Crippen molar-refractivity contribution < 1.29 is 28.6 Å². The Morgan fingerprint density at radius 2 is 1.83 bits per heavy atom. The largest absolute Gasteiger partial charge is 0.481 e. The molecule has 1 amide bonds. The highest BCUT2D eigenvalue weighted by Gasteiger charge is 2.47. The number of nitrogens with one attached hydrogen (secondary N) is 1. The number of esters is 2. The normalized spacial score (nSPS) is 23.0. The zero-order valence-corrected chi connectivity index (χ0v) is 20.9. The Balaban J connectivity index is 1.65. The number of rotatable bonds is 3. The molecule has 0 saturated carbocycles. The molecule has 0 fully saturated rings. The Kier molecular flexibility index (Phi) is 5.90. The van der Waals surface area contributed by atoms with Crippen LogP contribution in [0.15, 0.2) is 46.6 Å². The van der Waals surface area contributed by atoms with Gasteiger partial charge in [-0.1, -0.05) is 29.8 Å². The summed E-state index contributed by atoms with van der Waals surface area (Å²) in [5.74, 6) is -2.44. The van der Waals surface area contributed by atoms with Crippen molar-refractivity contribution in [2.45, 2.75) is 46.1 Å². The smallest absolute Gasteiger partial charge is 0.337 e. The highest BCUT2D eigenvalue weighted by molar-refractivity contribution is 6.07. The van der Waals surface area contributed by atoms with Gasteiger partial charge in [-0.3, -0.25) is 14.6 Å². The quantitative estimate of drug-likeness (QED) is 0.649. The molecule has 3 heterocycles. The van der Waals surface area contributed by atoms with Crippen molar-refractivity contribution in [2.75, 3.05) is 19.0 Å². The van der Waals surface area contributed by atoms with Crippen LogP contribution in [-0.4, -0.2) is 37.3 Å². The number of fused-ring (bicyclic) bond motifs is 1. The minimum absolute atomic E-state index is 0.156. The molecule has 2 aromatic rings. The lowest BCUT2D eigenvalue weighted by Crippen LogP contribution is -2.39. The first-order valence-electron chi connectivity index (χ1n) is 11.9. The summed E-state index contributed by atoms with van der Waals surface area (Å²) < 4.78 is 16.9. The van der Waals surface area contributed by atoms with Gasteiger partial charge in [-0.15, -0.1) is 0 Å². The van der Waals surface area contributed by atoms with Gasteiger partial charge in [0, 0.05) is 23.6 Å². The maximum absolute atomic E-state index is 13.7. The van der Waals surface area contributed by atoms with E-state index in [0.29, 0.717) is 40.4 Å². The monoisotopic (exact) mass is 488 g/mol. The van der Waals surface area contributed by atoms with Crippen molar-refractivity contribution in [1.29, 1.82) is 0 Å². The minimum Gasteiger partial charge on any atom is -0.481 e. The minimum atomic E-state index is -0.839. The van der Waals surface area contributed by atoms with Crippen LogP contribution in [0, 0.1) is 26.7 Å². The first kappa shape index (κ1) is 23.8. The summed E-state index contributed by atoms with van der Waals surface area (Å²) in [5.41, 5.74) is 6.78. The van der Waals surface area contributed by atoms with Gasteiger partial charge in [0.25, 0.3) is 5.91 Å². The summed E-state index contributed by atoms with van der Waals surface area (Å²) in [5, 5.41) is 2.79. The third kappa shape index (κ3) is 3.86. The van der Waals surface area contributed by atoms with E-state index in [1.807, 2.05) is 20.8 Å². The van der Waals surface area contributed by atoms with Crippen LogP contribution in [-0.2, 0) is 23.9 Å². The molecule has 0 saturated heterocycles. The van der Waals surface area contributed by atoms with Crippen molar-refractivity contribution in [1.82, 2.24) is 0 Å². The van der Waals surface area contributed by atoms with Gasteiger partial charge < -0.3 is 19.5 Å². The molecule has 3 aliphatic heterocycles. The number of carbonyl (C=O) groups is 3. The number of cyclic esters (lactones) is 1. The predicted molar refractivity (Wildman–Crippen MR) is 133 cm³/mol. The fourth-order valence-electron chi connectivity index (χ4n) is 5.75. The first-order valence-corrected chi connectivity index (χ1v) is 11.9. The maximum atomic E-state index is 13.7. The molecule has 36 heavy (non-hydrogen) atoms. The van der Waals surface area contributed by atoms with Crippen LogP contribution in [0.25, 0.3) is 0 Å². The number of carbonyl (C=O) groups excluding carboxylic acids is 3. The second kappa shape index (κ2) is 8.93. The molecule has 5 rings (SSSR count). The Labute approximate surface area is 209 Å². The molecular formula is C28H28N2O6. The topological polar surface area (TPSA) is 103 Å². The van der Waals surface area contributed by atoms with Crippen molar-refractivity contribution in [2.24, 2.45) is 10.9 Å². The molecule has 8 nitrogen and oxygen atoms in total. The molecule has 0 aliphatic carbocycles. The van der Waals surface area contributed by atoms with E-state index in [9.17, 15) is 14.4 Å². The van der Waals surface area contributed by atoms with Gasteiger partial charge in [-0.05, 0) is 50.5 Å². The van der Waals surface area contributed by atoms with Gasteiger partial charge in [0.05, 0.1) is 24.1 Å².